The third kappa shape index (κ3) is 1.34. The van der Waals surface area contributed by atoms with E-state index >= 15 is 0 Å². The summed E-state index contributed by atoms with van der Waals surface area (Å²) in [6, 6.07) is 13.0. The minimum Gasteiger partial charge on any atom is -0.341 e. The molecule has 16 heavy (non-hydrogen) atoms. The molecule has 0 spiro atoms. The fraction of sp³-hybridized carbons (Fsp3) is 0. The van der Waals surface area contributed by atoms with Crippen LogP contribution in [0, 0.1) is 0 Å². The number of hydrogen-bond donors (Lipinski definition) is 1. The molecule has 0 fully saturated rings. The van der Waals surface area contributed by atoms with Gasteiger partial charge in [0, 0.05) is 23.8 Å². The van der Waals surface area contributed by atoms with E-state index in [2.05, 4.69) is 4.98 Å². The summed E-state index contributed by atoms with van der Waals surface area (Å²) in [5, 5.41) is 0.721. The van der Waals surface area contributed by atoms with Crippen LogP contribution < -0.4 is 5.43 Å². The van der Waals surface area contributed by atoms with Gasteiger partial charge < -0.3 is 9.55 Å². The number of para-hydroxylation sites is 1. The normalized spacial score (nSPS) is 10.8. The maximum Gasteiger partial charge on any atom is 0.191 e. The number of pyridine rings is 1. The van der Waals surface area contributed by atoms with Gasteiger partial charge in [0.05, 0.1) is 5.52 Å². The highest BCUT2D eigenvalue weighted by Crippen LogP contribution is 2.10. The largest absolute Gasteiger partial charge is 0.341 e. The van der Waals surface area contributed by atoms with Gasteiger partial charge in [-0.3, -0.25) is 4.79 Å². The summed E-state index contributed by atoms with van der Waals surface area (Å²) >= 11 is 0. The summed E-state index contributed by atoms with van der Waals surface area (Å²) in [5.74, 6) is 0.786. The second-order valence-electron chi connectivity index (χ2n) is 3.65. The lowest BCUT2D eigenvalue weighted by atomic mass is 10.2. The summed E-state index contributed by atoms with van der Waals surface area (Å²) < 4.78 is 1.88. The van der Waals surface area contributed by atoms with Crippen LogP contribution in [-0.2, 0) is 0 Å². The molecule has 3 heteroatoms. The van der Waals surface area contributed by atoms with Gasteiger partial charge in [0.25, 0.3) is 0 Å². The number of H-pyrrole nitrogens is 1. The van der Waals surface area contributed by atoms with Crippen LogP contribution in [0.4, 0.5) is 0 Å². The van der Waals surface area contributed by atoms with Crippen molar-refractivity contribution in [2.45, 2.75) is 0 Å². The fourth-order valence-electron chi connectivity index (χ4n) is 1.82. The van der Waals surface area contributed by atoms with Crippen molar-refractivity contribution in [3.8, 4) is 5.82 Å². The van der Waals surface area contributed by atoms with Crippen molar-refractivity contribution in [3.63, 3.8) is 0 Å². The second-order valence-corrected chi connectivity index (χ2v) is 3.65. The molecule has 0 amide bonds. The van der Waals surface area contributed by atoms with Gasteiger partial charge in [0.15, 0.2) is 5.43 Å². The summed E-state index contributed by atoms with van der Waals surface area (Å²) in [6.07, 6.45) is 3.81. The lowest BCUT2D eigenvalue weighted by Crippen LogP contribution is -2.06. The number of rotatable bonds is 1. The Morgan fingerprint density at radius 2 is 1.75 bits per heavy atom. The summed E-state index contributed by atoms with van der Waals surface area (Å²) in [7, 11) is 0. The smallest absolute Gasteiger partial charge is 0.191 e. The van der Waals surface area contributed by atoms with Crippen LogP contribution in [-0.4, -0.2) is 9.55 Å². The highest BCUT2D eigenvalue weighted by atomic mass is 16.1. The van der Waals surface area contributed by atoms with E-state index in [0.29, 0.717) is 0 Å². The van der Waals surface area contributed by atoms with Crippen LogP contribution in [0.5, 0.6) is 0 Å². The van der Waals surface area contributed by atoms with Gasteiger partial charge in [-0.05, 0) is 24.3 Å². The first-order valence-electron chi connectivity index (χ1n) is 5.10. The summed E-state index contributed by atoms with van der Waals surface area (Å²) in [6.45, 7) is 0. The van der Waals surface area contributed by atoms with E-state index in [0.717, 1.165) is 16.7 Å². The van der Waals surface area contributed by atoms with Gasteiger partial charge in [-0.1, -0.05) is 12.1 Å². The van der Waals surface area contributed by atoms with Crippen LogP contribution in [0.1, 0.15) is 0 Å². The molecule has 2 heterocycles. The number of hydrogen-bond acceptors (Lipinski definition) is 1. The minimum atomic E-state index is 0.0399. The van der Waals surface area contributed by atoms with Crippen molar-refractivity contribution in [1.29, 1.82) is 0 Å². The van der Waals surface area contributed by atoms with E-state index < -0.39 is 0 Å². The molecule has 0 bridgehead atoms. The number of nitrogens with zero attached hydrogens (tertiary/aromatic N) is 1. The first-order chi connectivity index (χ1) is 7.84. The van der Waals surface area contributed by atoms with Crippen molar-refractivity contribution in [2.75, 3.05) is 0 Å². The minimum absolute atomic E-state index is 0.0399. The van der Waals surface area contributed by atoms with E-state index in [-0.39, 0.29) is 5.43 Å². The van der Waals surface area contributed by atoms with Crippen LogP contribution in [0.3, 0.4) is 0 Å². The molecule has 0 aliphatic rings. The molecule has 3 aromatic rings. The molecule has 0 aliphatic heterocycles. The van der Waals surface area contributed by atoms with Crippen molar-refractivity contribution in [1.82, 2.24) is 9.55 Å². The standard InChI is InChI=1S/C13H10N2O/c16-12-9-13(15-7-3-4-8-15)14-11-6-2-1-5-10(11)12/h1-9H,(H,14,16). The maximum atomic E-state index is 11.9. The average Bonchev–Trinajstić information content (AvgIpc) is 2.82. The van der Waals surface area contributed by atoms with Crippen LogP contribution in [0.25, 0.3) is 16.7 Å². The lowest BCUT2D eigenvalue weighted by Gasteiger charge is -2.04. The predicted octanol–water partition coefficient (Wildman–Crippen LogP) is 2.32. The lowest BCUT2D eigenvalue weighted by molar-refractivity contribution is 1.02. The molecule has 1 N–H and O–H groups in total. The van der Waals surface area contributed by atoms with Gasteiger partial charge >= 0.3 is 0 Å². The van der Waals surface area contributed by atoms with Crippen LogP contribution in [0.2, 0.25) is 0 Å². The fourth-order valence-corrected chi connectivity index (χ4v) is 1.82. The number of benzene rings is 1. The number of aromatic amines is 1. The second kappa shape index (κ2) is 3.38. The van der Waals surface area contributed by atoms with Gasteiger partial charge in [0.1, 0.15) is 5.82 Å². The molecule has 78 valence electrons. The van der Waals surface area contributed by atoms with E-state index in [1.165, 1.54) is 0 Å². The molecule has 1 aromatic carbocycles. The molecule has 0 unspecified atom stereocenters. The van der Waals surface area contributed by atoms with Crippen LogP contribution in [0.15, 0.2) is 59.7 Å². The molecule has 3 nitrogen and oxygen atoms in total. The quantitative estimate of drug-likeness (QED) is 0.657. The predicted molar refractivity (Wildman–Crippen MR) is 63.9 cm³/mol. The first kappa shape index (κ1) is 8.97. The Kier molecular flexibility index (Phi) is 1.90. The SMILES string of the molecule is O=c1cc(-n2cccc2)[nH]c2ccccc12. The molecular weight excluding hydrogens is 200 g/mol. The van der Waals surface area contributed by atoms with Gasteiger partial charge in [0.2, 0.25) is 0 Å². The molecule has 0 aliphatic carbocycles. The van der Waals surface area contributed by atoms with Gasteiger partial charge in [-0.25, -0.2) is 0 Å². The average molecular weight is 210 g/mol. The Morgan fingerprint density at radius 3 is 2.56 bits per heavy atom. The van der Waals surface area contributed by atoms with Gasteiger partial charge in [-0.15, -0.1) is 0 Å². The van der Waals surface area contributed by atoms with E-state index in [9.17, 15) is 4.79 Å². The summed E-state index contributed by atoms with van der Waals surface area (Å²) in [4.78, 5) is 15.1. The first-order valence-corrected chi connectivity index (χ1v) is 5.10. The van der Waals surface area contributed by atoms with E-state index in [4.69, 9.17) is 0 Å². The van der Waals surface area contributed by atoms with Crippen molar-refractivity contribution in [3.05, 3.63) is 65.1 Å². The highest BCUT2D eigenvalue weighted by Gasteiger charge is 2.01. The Morgan fingerprint density at radius 1 is 1.00 bits per heavy atom. The molecule has 0 radical (unpaired) electrons. The third-order valence-electron chi connectivity index (χ3n) is 2.61. The Bertz CT molecular complexity index is 680. The number of aromatic nitrogens is 2. The zero-order valence-electron chi connectivity index (χ0n) is 8.55. The van der Waals surface area contributed by atoms with E-state index in [1.807, 2.05) is 53.4 Å². The summed E-state index contributed by atoms with van der Waals surface area (Å²) in [5.41, 5.74) is 0.900. The van der Waals surface area contributed by atoms with E-state index in [1.54, 1.807) is 6.07 Å². The monoisotopic (exact) mass is 210 g/mol. The Hall–Kier alpha value is -2.29. The van der Waals surface area contributed by atoms with Crippen molar-refractivity contribution < 1.29 is 0 Å². The number of fused-ring (bicyclic) bond motifs is 1. The topological polar surface area (TPSA) is 37.8 Å². The van der Waals surface area contributed by atoms with Crippen LogP contribution >= 0.6 is 0 Å². The Balaban J connectivity index is 2.34. The Labute approximate surface area is 92.0 Å². The molecular formula is C13H10N2O. The highest BCUT2D eigenvalue weighted by molar-refractivity contribution is 5.79. The molecule has 0 atom stereocenters. The third-order valence-corrected chi connectivity index (χ3v) is 2.61. The molecule has 0 saturated heterocycles. The molecule has 3 rings (SSSR count). The molecule has 2 aromatic heterocycles. The maximum absolute atomic E-state index is 11.9. The number of nitrogens with one attached hydrogen (secondary N) is 1. The zero-order chi connectivity index (χ0) is 11.0. The zero-order valence-corrected chi connectivity index (χ0v) is 8.55. The van der Waals surface area contributed by atoms with Crippen molar-refractivity contribution >= 4 is 10.9 Å². The van der Waals surface area contributed by atoms with Crippen molar-refractivity contribution in [2.24, 2.45) is 0 Å². The molecule has 0 saturated carbocycles. The van der Waals surface area contributed by atoms with Gasteiger partial charge in [-0.2, -0.15) is 0 Å².